The Morgan fingerprint density at radius 3 is 1.17 bits per heavy atom. The van der Waals surface area contributed by atoms with Crippen molar-refractivity contribution in [2.24, 2.45) is 10.8 Å². The number of allylic oxidation sites excluding steroid dienone is 2. The van der Waals surface area contributed by atoms with E-state index in [9.17, 15) is 0 Å². The molecule has 0 saturated carbocycles. The largest absolute Gasteiger partial charge is 0.0614 e. The zero-order valence-corrected chi connectivity index (χ0v) is 16.6. The minimum atomic E-state index is 0.0696. The summed E-state index contributed by atoms with van der Waals surface area (Å²) in [7, 11) is 0. The van der Waals surface area contributed by atoms with Gasteiger partial charge < -0.3 is 0 Å². The Labute approximate surface area is 148 Å². The lowest BCUT2D eigenvalue weighted by Crippen LogP contribution is -2.18. The molecule has 2 aromatic rings. The van der Waals surface area contributed by atoms with Gasteiger partial charge in [-0.1, -0.05) is 101 Å². The van der Waals surface area contributed by atoms with Crippen LogP contribution in [0.3, 0.4) is 0 Å². The molecule has 0 nitrogen and oxygen atoms in total. The predicted molar refractivity (Wildman–Crippen MR) is 108 cm³/mol. The Morgan fingerprint density at radius 2 is 0.917 bits per heavy atom. The van der Waals surface area contributed by atoms with Crippen LogP contribution >= 0.6 is 0 Å². The SMILES string of the molecule is Cc1cccc(/C(=C(\c2cccc(C)c2)C(C)(C)C)C(C)(C)C)c1. The molecular weight excluding hydrogens is 288 g/mol. The van der Waals surface area contributed by atoms with Gasteiger partial charge in [0, 0.05) is 0 Å². The van der Waals surface area contributed by atoms with Crippen molar-refractivity contribution in [3.8, 4) is 0 Å². The van der Waals surface area contributed by atoms with Crippen molar-refractivity contribution < 1.29 is 0 Å². The number of hydrogen-bond acceptors (Lipinski definition) is 0. The highest BCUT2D eigenvalue weighted by Crippen LogP contribution is 2.47. The van der Waals surface area contributed by atoms with E-state index < -0.39 is 0 Å². The van der Waals surface area contributed by atoms with Crippen LogP contribution < -0.4 is 0 Å². The third kappa shape index (κ3) is 4.17. The molecule has 0 saturated heterocycles. The number of hydrogen-bond donors (Lipinski definition) is 0. The van der Waals surface area contributed by atoms with Crippen molar-refractivity contribution in [3.05, 3.63) is 70.8 Å². The molecule has 128 valence electrons. The van der Waals surface area contributed by atoms with Crippen molar-refractivity contribution >= 4 is 11.1 Å². The van der Waals surface area contributed by atoms with Crippen LogP contribution in [-0.4, -0.2) is 0 Å². The van der Waals surface area contributed by atoms with Crippen molar-refractivity contribution in [1.82, 2.24) is 0 Å². The second-order valence-electron chi connectivity index (χ2n) is 8.99. The van der Waals surface area contributed by atoms with E-state index in [4.69, 9.17) is 0 Å². The monoisotopic (exact) mass is 320 g/mol. The lowest BCUT2D eigenvalue weighted by atomic mass is 9.70. The van der Waals surface area contributed by atoms with Gasteiger partial charge >= 0.3 is 0 Å². The number of benzene rings is 2. The van der Waals surface area contributed by atoms with E-state index in [1.165, 1.54) is 33.4 Å². The van der Waals surface area contributed by atoms with Gasteiger partial charge in [0.05, 0.1) is 0 Å². The van der Waals surface area contributed by atoms with Gasteiger partial charge in [0.1, 0.15) is 0 Å². The van der Waals surface area contributed by atoms with Crippen molar-refractivity contribution in [1.29, 1.82) is 0 Å². The van der Waals surface area contributed by atoms with Crippen LogP contribution in [0.5, 0.6) is 0 Å². The van der Waals surface area contributed by atoms with Crippen LogP contribution in [0.25, 0.3) is 11.1 Å². The summed E-state index contributed by atoms with van der Waals surface area (Å²) < 4.78 is 0. The van der Waals surface area contributed by atoms with Crippen LogP contribution in [-0.2, 0) is 0 Å². The average Bonchev–Trinajstić information content (AvgIpc) is 2.41. The van der Waals surface area contributed by atoms with Gasteiger partial charge in [-0.2, -0.15) is 0 Å². The molecule has 0 bridgehead atoms. The molecule has 0 heteroatoms. The van der Waals surface area contributed by atoms with Crippen molar-refractivity contribution in [3.63, 3.8) is 0 Å². The highest BCUT2D eigenvalue weighted by molar-refractivity contribution is 5.95. The first-order valence-electron chi connectivity index (χ1n) is 8.89. The first-order valence-corrected chi connectivity index (χ1v) is 8.89. The van der Waals surface area contributed by atoms with Gasteiger partial charge in [0.15, 0.2) is 0 Å². The molecule has 0 unspecified atom stereocenters. The van der Waals surface area contributed by atoms with Gasteiger partial charge in [-0.3, -0.25) is 0 Å². The molecule has 2 aromatic carbocycles. The summed E-state index contributed by atoms with van der Waals surface area (Å²) in [6, 6.07) is 17.9. The third-order valence-corrected chi connectivity index (χ3v) is 4.36. The van der Waals surface area contributed by atoms with Crippen LogP contribution in [0, 0.1) is 24.7 Å². The van der Waals surface area contributed by atoms with Crippen LogP contribution in [0.15, 0.2) is 48.5 Å². The van der Waals surface area contributed by atoms with Crippen LogP contribution in [0.2, 0.25) is 0 Å². The molecule has 0 aliphatic carbocycles. The second-order valence-corrected chi connectivity index (χ2v) is 8.99. The maximum atomic E-state index is 2.33. The number of aryl methyl sites for hydroxylation is 2. The molecule has 0 aliphatic heterocycles. The predicted octanol–water partition coefficient (Wildman–Crippen LogP) is 7.31. The van der Waals surface area contributed by atoms with E-state index in [0.29, 0.717) is 0 Å². The first kappa shape index (κ1) is 18.5. The smallest absolute Gasteiger partial charge is 0.0123 e. The maximum Gasteiger partial charge on any atom is -0.0123 e. The minimum Gasteiger partial charge on any atom is -0.0614 e. The highest BCUT2D eigenvalue weighted by atomic mass is 14.3. The maximum absolute atomic E-state index is 2.33. The van der Waals surface area contributed by atoms with Gasteiger partial charge in [-0.15, -0.1) is 0 Å². The Kier molecular flexibility index (Phi) is 5.08. The van der Waals surface area contributed by atoms with Gasteiger partial charge in [-0.05, 0) is 47.0 Å². The quantitative estimate of drug-likeness (QED) is 0.509. The summed E-state index contributed by atoms with van der Waals surface area (Å²) in [5.74, 6) is 0. The van der Waals surface area contributed by atoms with Crippen LogP contribution in [0.4, 0.5) is 0 Å². The molecule has 24 heavy (non-hydrogen) atoms. The fraction of sp³-hybridized carbons (Fsp3) is 0.417. The Bertz CT molecular complexity index is 681. The summed E-state index contributed by atoms with van der Waals surface area (Å²) in [5, 5.41) is 0. The Hall–Kier alpha value is -1.82. The summed E-state index contributed by atoms with van der Waals surface area (Å²) in [6.07, 6.45) is 0. The fourth-order valence-corrected chi connectivity index (χ4v) is 3.51. The van der Waals surface area contributed by atoms with E-state index >= 15 is 0 Å². The van der Waals surface area contributed by atoms with E-state index in [2.05, 4.69) is 104 Å². The highest BCUT2D eigenvalue weighted by Gasteiger charge is 2.30. The van der Waals surface area contributed by atoms with E-state index in [1.54, 1.807) is 0 Å². The van der Waals surface area contributed by atoms with E-state index in [-0.39, 0.29) is 10.8 Å². The lowest BCUT2D eigenvalue weighted by Gasteiger charge is -2.34. The van der Waals surface area contributed by atoms with Crippen molar-refractivity contribution in [2.75, 3.05) is 0 Å². The standard InChI is InChI=1S/C24H32/c1-17-11-9-13-19(15-17)21(23(3,4)5)22(24(6,7)8)20-14-10-12-18(2)16-20/h9-16H,1-8H3/b22-21-. The molecule has 0 heterocycles. The topological polar surface area (TPSA) is 0 Å². The molecule has 0 N–H and O–H groups in total. The summed E-state index contributed by atoms with van der Waals surface area (Å²) in [4.78, 5) is 0. The fourth-order valence-electron chi connectivity index (χ4n) is 3.51. The lowest BCUT2D eigenvalue weighted by molar-refractivity contribution is 0.534. The van der Waals surface area contributed by atoms with Gasteiger partial charge in [-0.25, -0.2) is 0 Å². The van der Waals surface area contributed by atoms with Gasteiger partial charge in [0.2, 0.25) is 0 Å². The molecule has 2 rings (SSSR count). The zero-order valence-electron chi connectivity index (χ0n) is 16.6. The third-order valence-electron chi connectivity index (χ3n) is 4.36. The molecule has 0 amide bonds. The van der Waals surface area contributed by atoms with Crippen LogP contribution in [0.1, 0.15) is 63.8 Å². The first-order chi connectivity index (χ1) is 11.0. The Balaban J connectivity index is 2.90. The molecule has 0 radical (unpaired) electrons. The summed E-state index contributed by atoms with van der Waals surface area (Å²) >= 11 is 0. The zero-order chi connectivity index (χ0) is 18.1. The van der Waals surface area contributed by atoms with Gasteiger partial charge in [0.25, 0.3) is 0 Å². The average molecular weight is 321 g/mol. The van der Waals surface area contributed by atoms with Crippen molar-refractivity contribution in [2.45, 2.75) is 55.4 Å². The number of rotatable bonds is 2. The summed E-state index contributed by atoms with van der Waals surface area (Å²) in [6.45, 7) is 18.3. The molecule has 0 fully saturated rings. The second kappa shape index (κ2) is 6.59. The molecule has 0 aromatic heterocycles. The Morgan fingerprint density at radius 1 is 0.583 bits per heavy atom. The molecular formula is C24H32. The normalized spacial score (nSPS) is 13.7. The molecule has 0 spiro atoms. The molecule has 0 atom stereocenters. The van der Waals surface area contributed by atoms with E-state index in [0.717, 1.165) is 0 Å². The van der Waals surface area contributed by atoms with E-state index in [1.807, 2.05) is 0 Å². The molecule has 0 aliphatic rings. The summed E-state index contributed by atoms with van der Waals surface area (Å²) in [5.41, 5.74) is 8.34. The minimum absolute atomic E-state index is 0.0696.